The number of rotatable bonds is 5. The van der Waals surface area contributed by atoms with Gasteiger partial charge >= 0.3 is 6.03 Å². The molecule has 1 unspecified atom stereocenters. The van der Waals surface area contributed by atoms with Crippen molar-refractivity contribution in [2.24, 2.45) is 0 Å². The fourth-order valence-electron chi connectivity index (χ4n) is 2.69. The topological polar surface area (TPSA) is 58.2 Å². The molecule has 8 heteroatoms. The summed E-state index contributed by atoms with van der Waals surface area (Å²) in [6, 6.07) is 18.9. The number of carbonyl (C=O) groups is 2. The van der Waals surface area contributed by atoms with Gasteiger partial charge in [0.2, 0.25) is 0 Å². The van der Waals surface area contributed by atoms with Crippen LogP contribution in [-0.4, -0.2) is 11.9 Å². The van der Waals surface area contributed by atoms with Crippen LogP contribution in [0.5, 0.6) is 0 Å². The monoisotopic (exact) mass is 478 g/mol. The summed E-state index contributed by atoms with van der Waals surface area (Å²) < 4.78 is 0. The van der Waals surface area contributed by atoms with Crippen molar-refractivity contribution in [3.05, 3.63) is 92.9 Å². The Morgan fingerprint density at radius 3 is 2.10 bits per heavy atom. The third-order valence-corrected chi connectivity index (χ3v) is 6.62. The Kier molecular flexibility index (Phi) is 7.67. The molecule has 4 nitrogen and oxygen atoms in total. The van der Waals surface area contributed by atoms with Crippen LogP contribution in [0.15, 0.2) is 71.6 Å². The number of halogens is 3. The Balaban J connectivity index is 1.68. The van der Waals surface area contributed by atoms with E-state index in [-0.39, 0.29) is 15.8 Å². The van der Waals surface area contributed by atoms with E-state index in [1.54, 1.807) is 30.3 Å². The maximum Gasteiger partial charge on any atom is 0.326 e. The van der Waals surface area contributed by atoms with E-state index in [0.717, 1.165) is 5.56 Å². The number of hydrogen-bond acceptors (Lipinski definition) is 3. The van der Waals surface area contributed by atoms with E-state index in [2.05, 4.69) is 17.6 Å². The van der Waals surface area contributed by atoms with Gasteiger partial charge < -0.3 is 5.32 Å². The first-order valence-corrected chi connectivity index (χ1v) is 10.9. The average molecular weight is 480 g/mol. The first kappa shape index (κ1) is 22.5. The molecular weight excluding hydrogens is 463 g/mol. The second-order valence-corrected chi connectivity index (χ2v) is 8.90. The molecule has 0 spiro atoms. The second-order valence-electron chi connectivity index (χ2n) is 6.33. The zero-order valence-electron chi connectivity index (χ0n) is 15.8. The van der Waals surface area contributed by atoms with E-state index < -0.39 is 11.9 Å². The van der Waals surface area contributed by atoms with Crippen molar-refractivity contribution < 1.29 is 9.59 Å². The molecule has 3 aromatic rings. The number of benzene rings is 3. The highest BCUT2D eigenvalue weighted by molar-refractivity contribution is 7.99. The highest BCUT2D eigenvalue weighted by Crippen LogP contribution is 2.43. The van der Waals surface area contributed by atoms with Gasteiger partial charge in [-0.2, -0.15) is 0 Å². The molecule has 0 saturated heterocycles. The maximum absolute atomic E-state index is 12.2. The third-order valence-electron chi connectivity index (χ3n) is 4.17. The summed E-state index contributed by atoms with van der Waals surface area (Å²) >= 11 is 20.3. The standard InChI is InChI=1S/C22H17Cl3N2O2S/c1-13(14-7-3-2-4-8-14)30-20-18(24)11-15(12-19(20)25)26-22(29)27-21(28)16-9-5-6-10-17(16)23/h2-13H,1H3,(H2,26,27,28,29). The van der Waals surface area contributed by atoms with Gasteiger partial charge in [-0.05, 0) is 36.8 Å². The Hall–Kier alpha value is -2.18. The van der Waals surface area contributed by atoms with Crippen LogP contribution >= 0.6 is 46.6 Å². The minimum absolute atomic E-state index is 0.136. The first-order valence-electron chi connectivity index (χ1n) is 8.92. The molecule has 30 heavy (non-hydrogen) atoms. The smallest absolute Gasteiger partial charge is 0.308 e. The number of hydrogen-bond donors (Lipinski definition) is 2. The van der Waals surface area contributed by atoms with Gasteiger partial charge in [0.05, 0.1) is 20.6 Å². The van der Waals surface area contributed by atoms with Crippen LogP contribution in [0.4, 0.5) is 10.5 Å². The number of urea groups is 1. The molecule has 3 rings (SSSR count). The van der Waals surface area contributed by atoms with Crippen molar-refractivity contribution in [1.82, 2.24) is 5.32 Å². The largest absolute Gasteiger partial charge is 0.326 e. The molecule has 0 aliphatic carbocycles. The number of thioether (sulfide) groups is 1. The van der Waals surface area contributed by atoms with Crippen LogP contribution in [0.25, 0.3) is 0 Å². The van der Waals surface area contributed by atoms with Gasteiger partial charge in [-0.15, -0.1) is 11.8 Å². The van der Waals surface area contributed by atoms with Crippen LogP contribution < -0.4 is 10.6 Å². The first-order chi connectivity index (χ1) is 14.3. The van der Waals surface area contributed by atoms with E-state index >= 15 is 0 Å². The fourth-order valence-corrected chi connectivity index (χ4v) is 4.66. The lowest BCUT2D eigenvalue weighted by molar-refractivity contribution is 0.0967. The van der Waals surface area contributed by atoms with Crippen LogP contribution in [0.3, 0.4) is 0 Å². The zero-order chi connectivity index (χ0) is 21.7. The molecule has 154 valence electrons. The number of amides is 3. The van der Waals surface area contributed by atoms with Gasteiger partial charge in [0, 0.05) is 15.8 Å². The van der Waals surface area contributed by atoms with Gasteiger partial charge in [0.1, 0.15) is 0 Å². The molecule has 3 amide bonds. The quantitative estimate of drug-likeness (QED) is 0.373. The van der Waals surface area contributed by atoms with Crippen molar-refractivity contribution in [1.29, 1.82) is 0 Å². The van der Waals surface area contributed by atoms with Gasteiger partial charge in [0.25, 0.3) is 5.91 Å². The van der Waals surface area contributed by atoms with Gasteiger partial charge in [-0.25, -0.2) is 4.79 Å². The van der Waals surface area contributed by atoms with Crippen molar-refractivity contribution >= 4 is 64.2 Å². The Labute approximate surface area is 193 Å². The molecule has 0 aromatic heterocycles. The van der Waals surface area contributed by atoms with Crippen LogP contribution in [0, 0.1) is 0 Å². The van der Waals surface area contributed by atoms with Crippen molar-refractivity contribution in [2.75, 3.05) is 5.32 Å². The molecule has 0 aliphatic rings. The Morgan fingerprint density at radius 2 is 1.47 bits per heavy atom. The van der Waals surface area contributed by atoms with Crippen LogP contribution in [-0.2, 0) is 0 Å². The number of anilines is 1. The molecule has 0 saturated carbocycles. The predicted octanol–water partition coefficient (Wildman–Crippen LogP) is 7.46. The Morgan fingerprint density at radius 1 is 0.867 bits per heavy atom. The summed E-state index contributed by atoms with van der Waals surface area (Å²) in [5, 5.41) is 5.99. The molecule has 2 N–H and O–H groups in total. The van der Waals surface area contributed by atoms with Crippen LogP contribution in [0.2, 0.25) is 15.1 Å². The molecule has 1 atom stereocenters. The molecule has 0 fully saturated rings. The Bertz CT molecular complexity index is 1050. The van der Waals surface area contributed by atoms with E-state index in [1.807, 2.05) is 30.3 Å². The lowest BCUT2D eigenvalue weighted by atomic mass is 10.2. The summed E-state index contributed by atoms with van der Waals surface area (Å²) in [6.07, 6.45) is 0. The predicted molar refractivity (Wildman–Crippen MR) is 125 cm³/mol. The van der Waals surface area contributed by atoms with Crippen molar-refractivity contribution in [3.63, 3.8) is 0 Å². The zero-order valence-corrected chi connectivity index (χ0v) is 18.9. The van der Waals surface area contributed by atoms with Gasteiger partial charge in [0.15, 0.2) is 0 Å². The summed E-state index contributed by atoms with van der Waals surface area (Å²) in [5.74, 6) is -0.612. The molecule has 0 heterocycles. The highest BCUT2D eigenvalue weighted by atomic mass is 35.5. The fraction of sp³-hybridized carbons (Fsp3) is 0.0909. The maximum atomic E-state index is 12.2. The minimum Gasteiger partial charge on any atom is -0.308 e. The highest BCUT2D eigenvalue weighted by Gasteiger charge is 2.17. The molecular formula is C22H17Cl3N2O2S. The van der Waals surface area contributed by atoms with Crippen LogP contribution in [0.1, 0.15) is 28.1 Å². The summed E-state index contributed by atoms with van der Waals surface area (Å²) in [7, 11) is 0. The number of carbonyl (C=O) groups excluding carboxylic acids is 2. The molecule has 0 radical (unpaired) electrons. The SMILES string of the molecule is CC(Sc1c(Cl)cc(NC(=O)NC(=O)c2ccccc2Cl)cc1Cl)c1ccccc1. The third kappa shape index (κ3) is 5.70. The molecule has 3 aromatic carbocycles. The van der Waals surface area contributed by atoms with Gasteiger partial charge in [-0.3, -0.25) is 10.1 Å². The minimum atomic E-state index is -0.717. The normalized spacial score (nSPS) is 11.6. The summed E-state index contributed by atoms with van der Waals surface area (Å²) in [5.41, 5.74) is 1.72. The van der Waals surface area contributed by atoms with Crippen molar-refractivity contribution in [2.45, 2.75) is 17.1 Å². The van der Waals surface area contributed by atoms with E-state index in [4.69, 9.17) is 34.8 Å². The van der Waals surface area contributed by atoms with Gasteiger partial charge in [-0.1, -0.05) is 77.3 Å². The average Bonchev–Trinajstić information content (AvgIpc) is 2.71. The van der Waals surface area contributed by atoms with E-state index in [1.165, 1.54) is 17.8 Å². The lowest BCUT2D eigenvalue weighted by Gasteiger charge is -2.15. The molecule has 0 bridgehead atoms. The number of imide groups is 1. The second kappa shape index (κ2) is 10.2. The molecule has 0 aliphatic heterocycles. The number of nitrogens with one attached hydrogen (secondary N) is 2. The van der Waals surface area contributed by atoms with E-state index in [0.29, 0.717) is 20.6 Å². The lowest BCUT2D eigenvalue weighted by Crippen LogP contribution is -2.34. The summed E-state index contributed by atoms with van der Waals surface area (Å²) in [6.45, 7) is 2.06. The summed E-state index contributed by atoms with van der Waals surface area (Å²) in [4.78, 5) is 25.1. The van der Waals surface area contributed by atoms with Crippen molar-refractivity contribution in [3.8, 4) is 0 Å². The van der Waals surface area contributed by atoms with E-state index in [9.17, 15) is 9.59 Å².